The fourth-order valence-corrected chi connectivity index (χ4v) is 2.01. The molecule has 1 aliphatic rings. The molecule has 0 aromatic carbocycles. The van der Waals surface area contributed by atoms with Crippen molar-refractivity contribution in [1.29, 1.82) is 0 Å². The van der Waals surface area contributed by atoms with Crippen molar-refractivity contribution in [2.24, 2.45) is 0 Å². The molecule has 81 valence electrons. The van der Waals surface area contributed by atoms with Gasteiger partial charge < -0.3 is 0 Å². The van der Waals surface area contributed by atoms with E-state index in [2.05, 4.69) is 18.6 Å². The molecule has 0 fully saturated rings. The van der Waals surface area contributed by atoms with Gasteiger partial charge in [-0.2, -0.15) is 0 Å². The van der Waals surface area contributed by atoms with Gasteiger partial charge in [-0.3, -0.25) is 0 Å². The van der Waals surface area contributed by atoms with Crippen molar-refractivity contribution in [1.82, 2.24) is 0 Å². The Morgan fingerprint density at radius 2 is 0.857 bits per heavy atom. The Morgan fingerprint density at radius 1 is 0.429 bits per heavy atom. The van der Waals surface area contributed by atoms with Crippen molar-refractivity contribution in [2.45, 2.75) is 70.6 Å². The van der Waals surface area contributed by atoms with Crippen LogP contribution in [0.1, 0.15) is 70.6 Å². The third kappa shape index (κ3) is 7.17. The predicted molar refractivity (Wildman–Crippen MR) is 64.2 cm³/mol. The van der Waals surface area contributed by atoms with E-state index in [9.17, 15) is 0 Å². The molecule has 14 heavy (non-hydrogen) atoms. The lowest BCUT2D eigenvalue weighted by molar-refractivity contribution is 0.600. The minimum Gasteiger partial charge on any atom is -0.0885 e. The van der Waals surface area contributed by atoms with Crippen LogP contribution in [0.5, 0.6) is 0 Å². The standard InChI is InChI=1S/C14H25/c1-2-4-6-8-10-12-14-13-11-9-7-5-3-1/h1-2,11H,3-10,12-14H2/b2-1-. The van der Waals surface area contributed by atoms with Crippen LogP contribution >= 0.6 is 0 Å². The van der Waals surface area contributed by atoms with Crippen molar-refractivity contribution in [3.8, 4) is 0 Å². The van der Waals surface area contributed by atoms with E-state index in [-0.39, 0.29) is 0 Å². The molecule has 0 heteroatoms. The smallest absolute Gasteiger partial charge is 0.0351 e. The number of hydrogen-bond donors (Lipinski definition) is 0. The molecule has 0 saturated carbocycles. The lowest BCUT2D eigenvalue weighted by atomic mass is 10.0. The molecular formula is C14H25. The molecule has 0 atom stereocenters. The summed E-state index contributed by atoms with van der Waals surface area (Å²) in [4.78, 5) is 0. The van der Waals surface area contributed by atoms with Crippen LogP contribution < -0.4 is 0 Å². The van der Waals surface area contributed by atoms with E-state index in [1.54, 1.807) is 0 Å². The van der Waals surface area contributed by atoms with Crippen molar-refractivity contribution >= 4 is 0 Å². The summed E-state index contributed by atoms with van der Waals surface area (Å²) in [6.45, 7) is 0. The van der Waals surface area contributed by atoms with Crippen LogP contribution in [-0.4, -0.2) is 0 Å². The zero-order valence-corrected chi connectivity index (χ0v) is 9.51. The first kappa shape index (κ1) is 11.8. The third-order valence-corrected chi connectivity index (χ3v) is 2.97. The van der Waals surface area contributed by atoms with Crippen LogP contribution in [-0.2, 0) is 0 Å². The van der Waals surface area contributed by atoms with E-state index in [1.165, 1.54) is 70.6 Å². The van der Waals surface area contributed by atoms with Crippen molar-refractivity contribution in [3.05, 3.63) is 18.6 Å². The monoisotopic (exact) mass is 193 g/mol. The molecule has 1 rings (SSSR count). The zero-order valence-electron chi connectivity index (χ0n) is 9.51. The molecule has 0 N–H and O–H groups in total. The van der Waals surface area contributed by atoms with E-state index in [4.69, 9.17) is 0 Å². The van der Waals surface area contributed by atoms with Gasteiger partial charge >= 0.3 is 0 Å². The Hall–Kier alpha value is -0.260. The molecule has 0 aliphatic heterocycles. The number of hydrogen-bond acceptors (Lipinski definition) is 0. The first-order chi connectivity index (χ1) is 7.00. The molecule has 0 saturated heterocycles. The molecule has 0 aromatic rings. The average molecular weight is 193 g/mol. The van der Waals surface area contributed by atoms with E-state index in [1.807, 2.05) is 0 Å². The first-order valence-corrected chi connectivity index (χ1v) is 6.47. The summed E-state index contributed by atoms with van der Waals surface area (Å²) in [7, 11) is 0. The maximum atomic E-state index is 2.50. The van der Waals surface area contributed by atoms with Crippen LogP contribution in [0.4, 0.5) is 0 Å². The third-order valence-electron chi connectivity index (χ3n) is 2.97. The summed E-state index contributed by atoms with van der Waals surface area (Å²) < 4.78 is 0. The molecule has 1 aliphatic carbocycles. The summed E-state index contributed by atoms with van der Waals surface area (Å²) in [6, 6.07) is 0. The predicted octanol–water partition coefficient (Wildman–Crippen LogP) is 5.05. The van der Waals surface area contributed by atoms with Gasteiger partial charge in [0.25, 0.3) is 0 Å². The summed E-state index contributed by atoms with van der Waals surface area (Å²) in [5.41, 5.74) is 0. The normalized spacial score (nSPS) is 25.1. The second-order valence-corrected chi connectivity index (χ2v) is 4.39. The van der Waals surface area contributed by atoms with Gasteiger partial charge in [0.15, 0.2) is 0 Å². The molecular weight excluding hydrogens is 168 g/mol. The fraction of sp³-hybridized carbons (Fsp3) is 0.786. The van der Waals surface area contributed by atoms with Gasteiger partial charge in [-0.25, -0.2) is 0 Å². The highest BCUT2D eigenvalue weighted by atomic mass is 14.0. The summed E-state index contributed by atoms with van der Waals surface area (Å²) >= 11 is 0. The maximum absolute atomic E-state index is 2.50. The SMILES string of the molecule is [CH]1CCCC/C=C\CCCCCCC1. The Balaban J connectivity index is 2.09. The Labute approximate surface area is 89.8 Å². The van der Waals surface area contributed by atoms with Crippen molar-refractivity contribution in [2.75, 3.05) is 0 Å². The average Bonchev–Trinajstić information content (AvgIpc) is 2.22. The largest absolute Gasteiger partial charge is 0.0885 e. The van der Waals surface area contributed by atoms with E-state index >= 15 is 0 Å². The molecule has 0 aromatic heterocycles. The maximum Gasteiger partial charge on any atom is -0.0351 e. The second kappa shape index (κ2) is 9.30. The minimum atomic E-state index is 1.30. The highest BCUT2D eigenvalue weighted by Gasteiger charge is 1.93. The summed E-state index contributed by atoms with van der Waals surface area (Å²) in [5, 5.41) is 0. The topological polar surface area (TPSA) is 0 Å². The van der Waals surface area contributed by atoms with Gasteiger partial charge in [0.2, 0.25) is 0 Å². The van der Waals surface area contributed by atoms with Gasteiger partial charge in [-0.05, 0) is 32.1 Å². The summed E-state index contributed by atoms with van der Waals surface area (Å²) in [5.74, 6) is 0. The Kier molecular flexibility index (Phi) is 7.85. The highest BCUT2D eigenvalue weighted by molar-refractivity contribution is 4.81. The number of rotatable bonds is 0. The van der Waals surface area contributed by atoms with Crippen LogP contribution in [0.2, 0.25) is 0 Å². The van der Waals surface area contributed by atoms with E-state index < -0.39 is 0 Å². The Bertz CT molecular complexity index is 119. The quantitative estimate of drug-likeness (QED) is 0.472. The van der Waals surface area contributed by atoms with Gasteiger partial charge in [-0.15, -0.1) is 0 Å². The minimum absolute atomic E-state index is 1.30. The zero-order chi connectivity index (χ0) is 9.90. The van der Waals surface area contributed by atoms with Crippen molar-refractivity contribution < 1.29 is 0 Å². The van der Waals surface area contributed by atoms with Gasteiger partial charge in [0, 0.05) is 0 Å². The molecule has 1 radical (unpaired) electrons. The Morgan fingerprint density at radius 3 is 1.57 bits per heavy atom. The van der Waals surface area contributed by atoms with Gasteiger partial charge in [0.1, 0.15) is 0 Å². The lowest BCUT2D eigenvalue weighted by Gasteiger charge is -2.02. The van der Waals surface area contributed by atoms with Crippen LogP contribution in [0.15, 0.2) is 12.2 Å². The summed E-state index contributed by atoms with van der Waals surface area (Å²) in [6.07, 6.45) is 22.5. The van der Waals surface area contributed by atoms with E-state index in [0.29, 0.717) is 0 Å². The molecule has 0 unspecified atom stereocenters. The molecule has 0 nitrogen and oxygen atoms in total. The van der Waals surface area contributed by atoms with Crippen LogP contribution in [0, 0.1) is 6.42 Å². The molecule has 0 bridgehead atoms. The molecule has 0 heterocycles. The van der Waals surface area contributed by atoms with Crippen LogP contribution in [0.3, 0.4) is 0 Å². The highest BCUT2D eigenvalue weighted by Crippen LogP contribution is 2.12. The van der Waals surface area contributed by atoms with Gasteiger partial charge in [0.05, 0.1) is 0 Å². The van der Waals surface area contributed by atoms with Crippen LogP contribution in [0.25, 0.3) is 0 Å². The lowest BCUT2D eigenvalue weighted by Crippen LogP contribution is -1.84. The van der Waals surface area contributed by atoms with E-state index in [0.717, 1.165) is 0 Å². The molecule has 0 amide bonds. The molecule has 0 spiro atoms. The second-order valence-electron chi connectivity index (χ2n) is 4.39. The number of allylic oxidation sites excluding steroid dienone is 2. The van der Waals surface area contributed by atoms with Crippen molar-refractivity contribution in [3.63, 3.8) is 0 Å². The first-order valence-electron chi connectivity index (χ1n) is 6.47. The van der Waals surface area contributed by atoms with Gasteiger partial charge in [-0.1, -0.05) is 57.1 Å². The fourth-order valence-electron chi connectivity index (χ4n) is 2.01.